The first-order chi connectivity index (χ1) is 8.68. The molecule has 4 heteroatoms. The van der Waals surface area contributed by atoms with Gasteiger partial charge < -0.3 is 9.88 Å². The molecule has 92 valence electrons. The summed E-state index contributed by atoms with van der Waals surface area (Å²) in [5.74, 6) is -1.10. The molecule has 0 bridgehead atoms. The minimum Gasteiger partial charge on any atom is -0.348 e. The van der Waals surface area contributed by atoms with Crippen LogP contribution < -0.4 is 5.32 Å². The first-order valence-corrected chi connectivity index (χ1v) is 5.66. The van der Waals surface area contributed by atoms with Gasteiger partial charge in [-0.3, -0.25) is 9.59 Å². The fourth-order valence-electron chi connectivity index (χ4n) is 1.67. The van der Waals surface area contributed by atoms with Crippen molar-refractivity contribution in [1.82, 2.24) is 9.88 Å². The van der Waals surface area contributed by atoms with Gasteiger partial charge in [-0.05, 0) is 17.7 Å². The van der Waals surface area contributed by atoms with Crippen LogP contribution in [0.2, 0.25) is 0 Å². The van der Waals surface area contributed by atoms with Crippen LogP contribution in [0.25, 0.3) is 0 Å². The normalized spacial score (nSPS) is 10.1. The molecule has 0 aliphatic heterocycles. The zero-order valence-corrected chi connectivity index (χ0v) is 10.1. The Bertz CT molecular complexity index is 558. The highest BCUT2D eigenvalue weighted by molar-refractivity contribution is 6.42. The van der Waals surface area contributed by atoms with E-state index in [-0.39, 0.29) is 0 Å². The van der Waals surface area contributed by atoms with Gasteiger partial charge in [-0.25, -0.2) is 0 Å². The van der Waals surface area contributed by atoms with Crippen molar-refractivity contribution < 1.29 is 9.59 Å². The van der Waals surface area contributed by atoms with E-state index in [1.54, 1.807) is 29.9 Å². The predicted molar refractivity (Wildman–Crippen MR) is 68.0 cm³/mol. The quantitative estimate of drug-likeness (QED) is 0.653. The van der Waals surface area contributed by atoms with Gasteiger partial charge in [0.2, 0.25) is 0 Å². The number of rotatable bonds is 4. The van der Waals surface area contributed by atoms with Crippen molar-refractivity contribution in [3.63, 3.8) is 0 Å². The number of hydrogen-bond acceptors (Lipinski definition) is 2. The number of aryl methyl sites for hydroxylation is 1. The largest absolute Gasteiger partial charge is 0.348 e. The molecule has 0 spiro atoms. The van der Waals surface area contributed by atoms with Crippen LogP contribution in [-0.4, -0.2) is 16.3 Å². The summed E-state index contributed by atoms with van der Waals surface area (Å²) in [7, 11) is 1.73. The van der Waals surface area contributed by atoms with Gasteiger partial charge in [0.1, 0.15) is 0 Å². The van der Waals surface area contributed by atoms with Crippen molar-refractivity contribution in [3.8, 4) is 0 Å². The van der Waals surface area contributed by atoms with E-state index >= 15 is 0 Å². The Balaban J connectivity index is 1.97. The standard InChI is InChI=1S/C14H14N2O2/c1-16-9-5-8-12(16)13(17)14(18)15-10-11-6-3-2-4-7-11/h2-9H,10H2,1H3,(H,15,18). The average molecular weight is 242 g/mol. The minimum absolute atomic E-state index is 0.357. The lowest BCUT2D eigenvalue weighted by atomic mass is 10.2. The first-order valence-electron chi connectivity index (χ1n) is 5.66. The summed E-state index contributed by atoms with van der Waals surface area (Å²) in [5, 5.41) is 2.61. The molecule has 1 N–H and O–H groups in total. The Morgan fingerprint density at radius 1 is 1.11 bits per heavy atom. The summed E-state index contributed by atoms with van der Waals surface area (Å²) < 4.78 is 1.63. The molecular formula is C14H14N2O2. The Labute approximate surface area is 105 Å². The lowest BCUT2D eigenvalue weighted by Crippen LogP contribution is -2.31. The highest BCUT2D eigenvalue weighted by Crippen LogP contribution is 2.02. The SMILES string of the molecule is Cn1cccc1C(=O)C(=O)NCc1ccccc1. The number of Topliss-reactive ketones (excluding diaryl/α,β-unsaturated/α-hetero) is 1. The number of ketones is 1. The molecule has 0 saturated heterocycles. The molecule has 0 unspecified atom stereocenters. The highest BCUT2D eigenvalue weighted by Gasteiger charge is 2.17. The van der Waals surface area contributed by atoms with E-state index < -0.39 is 11.7 Å². The van der Waals surface area contributed by atoms with Gasteiger partial charge in [0, 0.05) is 19.8 Å². The number of nitrogens with one attached hydrogen (secondary N) is 1. The van der Waals surface area contributed by atoms with E-state index in [1.165, 1.54) is 0 Å². The summed E-state index contributed by atoms with van der Waals surface area (Å²) >= 11 is 0. The molecule has 0 aliphatic rings. The second-order valence-corrected chi connectivity index (χ2v) is 4.00. The molecule has 0 fully saturated rings. The van der Waals surface area contributed by atoms with E-state index in [4.69, 9.17) is 0 Å². The number of hydrogen-bond donors (Lipinski definition) is 1. The van der Waals surface area contributed by atoms with Crippen molar-refractivity contribution >= 4 is 11.7 Å². The third-order valence-corrected chi connectivity index (χ3v) is 2.68. The summed E-state index contributed by atoms with van der Waals surface area (Å²) in [6, 6.07) is 12.8. The third kappa shape index (κ3) is 2.66. The predicted octanol–water partition coefficient (Wildman–Crippen LogP) is 1.52. The number of amides is 1. The van der Waals surface area contributed by atoms with Crippen LogP contribution in [0, 0.1) is 0 Å². The van der Waals surface area contributed by atoms with E-state index in [0.29, 0.717) is 12.2 Å². The lowest BCUT2D eigenvalue weighted by Gasteiger charge is -2.05. The highest BCUT2D eigenvalue weighted by atomic mass is 16.2. The van der Waals surface area contributed by atoms with Crippen LogP contribution >= 0.6 is 0 Å². The zero-order chi connectivity index (χ0) is 13.0. The van der Waals surface area contributed by atoms with Crippen LogP contribution in [0.15, 0.2) is 48.7 Å². The van der Waals surface area contributed by atoms with Gasteiger partial charge in [0.05, 0.1) is 5.69 Å². The number of benzene rings is 1. The van der Waals surface area contributed by atoms with Gasteiger partial charge in [-0.15, -0.1) is 0 Å². The van der Waals surface area contributed by atoms with Gasteiger partial charge in [0.15, 0.2) is 0 Å². The summed E-state index contributed by atoms with van der Waals surface area (Å²) in [6.45, 7) is 0.357. The molecule has 0 saturated carbocycles. The summed E-state index contributed by atoms with van der Waals surface area (Å²) in [5.41, 5.74) is 1.35. The fraction of sp³-hybridized carbons (Fsp3) is 0.143. The Kier molecular flexibility index (Phi) is 3.57. The maximum atomic E-state index is 11.8. The lowest BCUT2D eigenvalue weighted by molar-refractivity contribution is -0.117. The van der Waals surface area contributed by atoms with Crippen molar-refractivity contribution in [2.24, 2.45) is 7.05 Å². The molecule has 18 heavy (non-hydrogen) atoms. The van der Waals surface area contributed by atoms with E-state index in [9.17, 15) is 9.59 Å². The molecule has 2 aromatic rings. The smallest absolute Gasteiger partial charge is 0.294 e. The molecule has 4 nitrogen and oxygen atoms in total. The van der Waals surface area contributed by atoms with Crippen molar-refractivity contribution in [3.05, 3.63) is 59.9 Å². The minimum atomic E-state index is -0.583. The summed E-state index contributed by atoms with van der Waals surface area (Å²) in [4.78, 5) is 23.5. The molecule has 1 amide bonds. The Morgan fingerprint density at radius 3 is 2.44 bits per heavy atom. The molecule has 1 heterocycles. The van der Waals surface area contributed by atoms with E-state index in [2.05, 4.69) is 5.32 Å². The van der Waals surface area contributed by atoms with Crippen LogP contribution in [0.1, 0.15) is 16.1 Å². The topological polar surface area (TPSA) is 51.1 Å². The second kappa shape index (κ2) is 5.31. The van der Waals surface area contributed by atoms with Crippen LogP contribution in [0.3, 0.4) is 0 Å². The fourth-order valence-corrected chi connectivity index (χ4v) is 1.67. The van der Waals surface area contributed by atoms with Crippen LogP contribution in [0.4, 0.5) is 0 Å². The molecule has 0 radical (unpaired) electrons. The van der Waals surface area contributed by atoms with Gasteiger partial charge in [-0.1, -0.05) is 30.3 Å². The average Bonchev–Trinajstić information content (AvgIpc) is 2.82. The number of aromatic nitrogens is 1. The summed E-state index contributed by atoms with van der Waals surface area (Å²) in [6.07, 6.45) is 1.73. The third-order valence-electron chi connectivity index (χ3n) is 2.68. The van der Waals surface area contributed by atoms with Crippen molar-refractivity contribution in [2.75, 3.05) is 0 Å². The van der Waals surface area contributed by atoms with E-state index in [1.807, 2.05) is 30.3 Å². The molecule has 2 rings (SSSR count). The van der Waals surface area contributed by atoms with Gasteiger partial charge in [-0.2, -0.15) is 0 Å². The molecule has 0 atom stereocenters. The first kappa shape index (κ1) is 12.1. The van der Waals surface area contributed by atoms with Crippen molar-refractivity contribution in [2.45, 2.75) is 6.54 Å². The maximum absolute atomic E-state index is 11.8. The van der Waals surface area contributed by atoms with Crippen LogP contribution in [0.5, 0.6) is 0 Å². The monoisotopic (exact) mass is 242 g/mol. The maximum Gasteiger partial charge on any atom is 0.294 e. The molecule has 0 aliphatic carbocycles. The van der Waals surface area contributed by atoms with Crippen LogP contribution in [-0.2, 0) is 18.4 Å². The second-order valence-electron chi connectivity index (χ2n) is 4.00. The van der Waals surface area contributed by atoms with Gasteiger partial charge >= 0.3 is 0 Å². The van der Waals surface area contributed by atoms with Gasteiger partial charge in [0.25, 0.3) is 11.7 Å². The Morgan fingerprint density at radius 2 is 1.83 bits per heavy atom. The molecule has 1 aromatic heterocycles. The van der Waals surface area contributed by atoms with E-state index in [0.717, 1.165) is 5.56 Å². The Hall–Kier alpha value is -2.36. The number of carbonyl (C=O) groups excluding carboxylic acids is 2. The number of carbonyl (C=O) groups is 2. The zero-order valence-electron chi connectivity index (χ0n) is 10.1. The molecular weight excluding hydrogens is 228 g/mol. The molecule has 1 aromatic carbocycles. The number of nitrogens with zero attached hydrogens (tertiary/aromatic N) is 1. The van der Waals surface area contributed by atoms with Crippen molar-refractivity contribution in [1.29, 1.82) is 0 Å².